The van der Waals surface area contributed by atoms with Crippen LogP contribution in [0.4, 0.5) is 0 Å². The molecule has 100 valence electrons. The van der Waals surface area contributed by atoms with Crippen molar-refractivity contribution in [1.29, 1.82) is 0 Å². The molecule has 0 aromatic heterocycles. The summed E-state index contributed by atoms with van der Waals surface area (Å²) in [6, 6.07) is 10.4. The third-order valence-electron chi connectivity index (χ3n) is 3.79. The van der Waals surface area contributed by atoms with Crippen LogP contribution in [-0.4, -0.2) is 12.8 Å². The normalized spacial score (nSPS) is 25.1. The third kappa shape index (κ3) is 3.56. The predicted octanol–water partition coefficient (Wildman–Crippen LogP) is 3.58. The van der Waals surface area contributed by atoms with Crippen molar-refractivity contribution >= 4 is 0 Å². The Morgan fingerprint density at radius 3 is 2.61 bits per heavy atom. The smallest absolute Gasteiger partial charge is 0.111 e. The molecule has 0 spiro atoms. The highest BCUT2D eigenvalue weighted by atomic mass is 16.5. The van der Waals surface area contributed by atoms with Gasteiger partial charge in [-0.1, -0.05) is 51.1 Å². The maximum absolute atomic E-state index is 6.10. The Balaban J connectivity index is 1.94. The summed E-state index contributed by atoms with van der Waals surface area (Å²) >= 11 is 0. The molecule has 2 atom stereocenters. The first-order chi connectivity index (χ1) is 8.57. The zero-order chi connectivity index (χ0) is 13.0. The lowest BCUT2D eigenvalue weighted by atomic mass is 9.75. The van der Waals surface area contributed by atoms with Crippen LogP contribution in [0, 0.1) is 11.3 Å². The second kappa shape index (κ2) is 5.85. The number of hydrogen-bond donors (Lipinski definition) is 1. The highest BCUT2D eigenvalue weighted by Gasteiger charge is 2.34. The van der Waals surface area contributed by atoms with Gasteiger partial charge in [-0.3, -0.25) is 5.32 Å². The molecular formula is C16H25NO. The maximum Gasteiger partial charge on any atom is 0.111 e. The minimum Gasteiger partial charge on any atom is -0.358 e. The Labute approximate surface area is 111 Å². The molecule has 1 aliphatic heterocycles. The first-order valence-corrected chi connectivity index (χ1v) is 6.96. The van der Waals surface area contributed by atoms with Crippen LogP contribution in [0.2, 0.25) is 0 Å². The van der Waals surface area contributed by atoms with E-state index in [1.807, 2.05) is 6.07 Å². The second-order valence-electron chi connectivity index (χ2n) is 6.29. The molecule has 1 aromatic carbocycles. The van der Waals surface area contributed by atoms with Gasteiger partial charge in [0.25, 0.3) is 0 Å². The largest absolute Gasteiger partial charge is 0.358 e. The molecule has 2 rings (SSSR count). The van der Waals surface area contributed by atoms with Crippen molar-refractivity contribution in [3.63, 3.8) is 0 Å². The van der Waals surface area contributed by atoms with Crippen molar-refractivity contribution in [3.05, 3.63) is 35.9 Å². The highest BCUT2D eigenvalue weighted by molar-refractivity contribution is 5.13. The molecule has 1 aromatic rings. The molecule has 1 aliphatic rings. The van der Waals surface area contributed by atoms with Gasteiger partial charge in [0, 0.05) is 5.92 Å². The van der Waals surface area contributed by atoms with Crippen molar-refractivity contribution in [2.45, 2.75) is 46.4 Å². The van der Waals surface area contributed by atoms with Crippen molar-refractivity contribution < 1.29 is 4.74 Å². The molecule has 2 nitrogen and oxygen atoms in total. The van der Waals surface area contributed by atoms with Gasteiger partial charge in [0.1, 0.15) is 6.23 Å². The van der Waals surface area contributed by atoms with Crippen molar-refractivity contribution in [1.82, 2.24) is 5.32 Å². The van der Waals surface area contributed by atoms with E-state index in [-0.39, 0.29) is 6.23 Å². The minimum atomic E-state index is 0.193. The monoisotopic (exact) mass is 247 g/mol. The second-order valence-corrected chi connectivity index (χ2v) is 6.29. The SMILES string of the molecule is CC(C)(C)C1CCCNC1OCc1ccccc1. The van der Waals surface area contributed by atoms with Crippen LogP contribution in [0.25, 0.3) is 0 Å². The quantitative estimate of drug-likeness (QED) is 0.881. The molecule has 1 fully saturated rings. The van der Waals surface area contributed by atoms with E-state index in [4.69, 9.17) is 4.74 Å². The first kappa shape index (κ1) is 13.6. The number of piperidine rings is 1. The summed E-state index contributed by atoms with van der Waals surface area (Å²) in [5, 5.41) is 3.52. The molecule has 1 saturated heterocycles. The summed E-state index contributed by atoms with van der Waals surface area (Å²) in [7, 11) is 0. The molecular weight excluding hydrogens is 222 g/mol. The summed E-state index contributed by atoms with van der Waals surface area (Å²) < 4.78 is 6.10. The summed E-state index contributed by atoms with van der Waals surface area (Å²) in [6.45, 7) is 8.70. The average molecular weight is 247 g/mol. The van der Waals surface area contributed by atoms with Crippen LogP contribution in [0.3, 0.4) is 0 Å². The maximum atomic E-state index is 6.10. The van der Waals surface area contributed by atoms with Crippen LogP contribution in [0.5, 0.6) is 0 Å². The lowest BCUT2D eigenvalue weighted by Gasteiger charge is -2.40. The van der Waals surface area contributed by atoms with E-state index >= 15 is 0 Å². The van der Waals surface area contributed by atoms with Gasteiger partial charge in [-0.2, -0.15) is 0 Å². The van der Waals surface area contributed by atoms with E-state index in [9.17, 15) is 0 Å². The fraction of sp³-hybridized carbons (Fsp3) is 0.625. The number of benzene rings is 1. The summed E-state index contributed by atoms with van der Waals surface area (Å²) in [4.78, 5) is 0. The lowest BCUT2D eigenvalue weighted by molar-refractivity contribution is -0.0698. The molecule has 0 aliphatic carbocycles. The number of ether oxygens (including phenoxy) is 1. The van der Waals surface area contributed by atoms with Crippen LogP contribution < -0.4 is 5.32 Å². The Bertz CT molecular complexity index is 355. The molecule has 0 amide bonds. The molecule has 0 saturated carbocycles. The van der Waals surface area contributed by atoms with Crippen LogP contribution in [0.1, 0.15) is 39.2 Å². The zero-order valence-corrected chi connectivity index (χ0v) is 11.8. The van der Waals surface area contributed by atoms with Crippen molar-refractivity contribution in [2.24, 2.45) is 11.3 Å². The summed E-state index contributed by atoms with van der Waals surface area (Å²) in [5.74, 6) is 0.593. The number of nitrogens with one attached hydrogen (secondary N) is 1. The summed E-state index contributed by atoms with van der Waals surface area (Å²) in [5.41, 5.74) is 1.55. The number of hydrogen-bond acceptors (Lipinski definition) is 2. The zero-order valence-electron chi connectivity index (χ0n) is 11.8. The lowest BCUT2D eigenvalue weighted by Crippen LogP contribution is -2.48. The van der Waals surface area contributed by atoms with Gasteiger partial charge in [-0.05, 0) is 30.4 Å². The van der Waals surface area contributed by atoms with E-state index in [0.29, 0.717) is 17.9 Å². The topological polar surface area (TPSA) is 21.3 Å². The van der Waals surface area contributed by atoms with Crippen molar-refractivity contribution in [2.75, 3.05) is 6.54 Å². The van der Waals surface area contributed by atoms with Gasteiger partial charge >= 0.3 is 0 Å². The van der Waals surface area contributed by atoms with E-state index in [0.717, 1.165) is 6.54 Å². The molecule has 0 radical (unpaired) electrons. The molecule has 2 heteroatoms. The molecule has 1 N–H and O–H groups in total. The first-order valence-electron chi connectivity index (χ1n) is 6.96. The summed E-state index contributed by atoms with van der Waals surface area (Å²) in [6.07, 6.45) is 2.71. The van der Waals surface area contributed by atoms with Gasteiger partial charge in [0.05, 0.1) is 6.61 Å². The van der Waals surface area contributed by atoms with Gasteiger partial charge in [0.15, 0.2) is 0 Å². The Morgan fingerprint density at radius 2 is 1.94 bits per heavy atom. The Morgan fingerprint density at radius 1 is 1.22 bits per heavy atom. The molecule has 2 unspecified atom stereocenters. The fourth-order valence-electron chi connectivity index (χ4n) is 2.68. The highest BCUT2D eigenvalue weighted by Crippen LogP contribution is 2.35. The van der Waals surface area contributed by atoms with E-state index in [1.165, 1.54) is 18.4 Å². The Kier molecular flexibility index (Phi) is 4.41. The van der Waals surface area contributed by atoms with E-state index < -0.39 is 0 Å². The molecule has 0 bridgehead atoms. The molecule has 1 heterocycles. The predicted molar refractivity (Wildman–Crippen MR) is 75.2 cm³/mol. The van der Waals surface area contributed by atoms with Crippen molar-refractivity contribution in [3.8, 4) is 0 Å². The average Bonchev–Trinajstić information content (AvgIpc) is 2.37. The van der Waals surface area contributed by atoms with Gasteiger partial charge in [-0.25, -0.2) is 0 Å². The third-order valence-corrected chi connectivity index (χ3v) is 3.79. The van der Waals surface area contributed by atoms with Gasteiger partial charge < -0.3 is 4.74 Å². The van der Waals surface area contributed by atoms with Crippen LogP contribution >= 0.6 is 0 Å². The van der Waals surface area contributed by atoms with Gasteiger partial charge in [0.2, 0.25) is 0 Å². The van der Waals surface area contributed by atoms with Gasteiger partial charge in [-0.15, -0.1) is 0 Å². The van der Waals surface area contributed by atoms with Crippen LogP contribution in [0.15, 0.2) is 30.3 Å². The van der Waals surface area contributed by atoms with E-state index in [2.05, 4.69) is 50.4 Å². The number of rotatable bonds is 3. The standard InChI is InChI=1S/C16H25NO/c1-16(2,3)14-10-7-11-17-15(14)18-12-13-8-5-4-6-9-13/h4-6,8-9,14-15,17H,7,10-12H2,1-3H3. The molecule has 18 heavy (non-hydrogen) atoms. The fourth-order valence-corrected chi connectivity index (χ4v) is 2.68. The van der Waals surface area contributed by atoms with Crippen LogP contribution in [-0.2, 0) is 11.3 Å². The van der Waals surface area contributed by atoms with E-state index in [1.54, 1.807) is 0 Å². The minimum absolute atomic E-state index is 0.193. The Hall–Kier alpha value is -0.860.